The van der Waals surface area contributed by atoms with Gasteiger partial charge in [0.05, 0.1) is 0 Å². The minimum absolute atomic E-state index is 0.946. The van der Waals surface area contributed by atoms with E-state index < -0.39 is 0 Å². The van der Waals surface area contributed by atoms with Crippen LogP contribution < -0.4 is 0 Å². The van der Waals surface area contributed by atoms with Crippen molar-refractivity contribution in [3.8, 4) is 0 Å². The summed E-state index contributed by atoms with van der Waals surface area (Å²) in [5, 5.41) is 0.946. The molecule has 0 amide bonds. The van der Waals surface area contributed by atoms with Crippen molar-refractivity contribution in [2.75, 3.05) is 5.75 Å². The molecule has 0 aromatic heterocycles. The summed E-state index contributed by atoms with van der Waals surface area (Å²) in [4.78, 5) is 0. The Labute approximate surface area is 61.7 Å². The van der Waals surface area contributed by atoms with E-state index in [1.165, 1.54) is 25.0 Å². The molecule has 1 unspecified atom stereocenters. The van der Waals surface area contributed by atoms with Crippen molar-refractivity contribution in [1.82, 2.24) is 0 Å². The largest absolute Gasteiger partial charge is 0.158 e. The molecule has 1 aliphatic heterocycles. The van der Waals surface area contributed by atoms with E-state index in [0.29, 0.717) is 0 Å². The van der Waals surface area contributed by atoms with Gasteiger partial charge in [-0.2, -0.15) is 11.8 Å². The van der Waals surface area contributed by atoms with Crippen LogP contribution in [0.4, 0.5) is 0 Å². The Morgan fingerprint density at radius 1 is 1.67 bits per heavy atom. The number of rotatable bonds is 2. The van der Waals surface area contributed by atoms with E-state index in [1.54, 1.807) is 0 Å². The molecular weight excluding hydrogens is 128 g/mol. The van der Waals surface area contributed by atoms with Crippen molar-refractivity contribution in [3.63, 3.8) is 0 Å². The number of allylic oxidation sites excluding steroid dienone is 2. The molecule has 1 rings (SSSR count). The zero-order valence-electron chi connectivity index (χ0n) is 5.97. The smallest absolute Gasteiger partial charge is 0.00818 e. The lowest BCUT2D eigenvalue weighted by Gasteiger charge is -2.01. The van der Waals surface area contributed by atoms with Crippen molar-refractivity contribution >= 4 is 11.8 Å². The average Bonchev–Trinajstić information content (AvgIpc) is 2.34. The van der Waals surface area contributed by atoms with Gasteiger partial charge in [0, 0.05) is 5.25 Å². The standard InChI is InChI=1S/C8H14S/c1-2-3-5-8-6-4-7-9-8/h2-3,8H,4-7H2,1H3. The van der Waals surface area contributed by atoms with Crippen LogP contribution in [0.3, 0.4) is 0 Å². The number of thioether (sulfide) groups is 1. The Kier molecular flexibility index (Phi) is 3.20. The zero-order valence-corrected chi connectivity index (χ0v) is 6.79. The van der Waals surface area contributed by atoms with E-state index in [-0.39, 0.29) is 0 Å². The summed E-state index contributed by atoms with van der Waals surface area (Å²) >= 11 is 2.13. The molecule has 1 atom stereocenters. The van der Waals surface area contributed by atoms with Crippen molar-refractivity contribution < 1.29 is 0 Å². The first-order valence-electron chi connectivity index (χ1n) is 3.66. The normalized spacial score (nSPS) is 27.9. The van der Waals surface area contributed by atoms with Crippen LogP contribution in [0.5, 0.6) is 0 Å². The SMILES string of the molecule is CC=CCC1CCCS1. The van der Waals surface area contributed by atoms with Crippen molar-refractivity contribution in [2.24, 2.45) is 0 Å². The zero-order chi connectivity index (χ0) is 6.53. The van der Waals surface area contributed by atoms with E-state index in [4.69, 9.17) is 0 Å². The quantitative estimate of drug-likeness (QED) is 0.534. The highest BCUT2D eigenvalue weighted by molar-refractivity contribution is 8.00. The molecule has 52 valence electrons. The summed E-state index contributed by atoms with van der Waals surface area (Å²) in [6.07, 6.45) is 8.60. The Balaban J connectivity index is 2.11. The fraction of sp³-hybridized carbons (Fsp3) is 0.750. The highest BCUT2D eigenvalue weighted by Crippen LogP contribution is 2.28. The maximum absolute atomic E-state index is 2.28. The molecule has 1 heteroatoms. The summed E-state index contributed by atoms with van der Waals surface area (Å²) in [5.41, 5.74) is 0. The van der Waals surface area contributed by atoms with Gasteiger partial charge in [0.2, 0.25) is 0 Å². The van der Waals surface area contributed by atoms with Crippen LogP contribution in [-0.2, 0) is 0 Å². The maximum Gasteiger partial charge on any atom is 0.00818 e. The van der Waals surface area contributed by atoms with Gasteiger partial charge in [0.15, 0.2) is 0 Å². The van der Waals surface area contributed by atoms with Gasteiger partial charge < -0.3 is 0 Å². The van der Waals surface area contributed by atoms with E-state index in [9.17, 15) is 0 Å². The first-order valence-corrected chi connectivity index (χ1v) is 4.71. The fourth-order valence-electron chi connectivity index (χ4n) is 1.12. The first kappa shape index (κ1) is 7.20. The fourth-order valence-corrected chi connectivity index (χ4v) is 2.37. The highest BCUT2D eigenvalue weighted by atomic mass is 32.2. The second-order valence-corrected chi connectivity index (χ2v) is 3.85. The van der Waals surface area contributed by atoms with Gasteiger partial charge in [-0.25, -0.2) is 0 Å². The maximum atomic E-state index is 2.28. The third-order valence-electron chi connectivity index (χ3n) is 1.66. The lowest BCUT2D eigenvalue weighted by molar-refractivity contribution is 0.790. The Hall–Kier alpha value is 0.0900. The van der Waals surface area contributed by atoms with Gasteiger partial charge in [-0.05, 0) is 31.9 Å². The lowest BCUT2D eigenvalue weighted by Crippen LogP contribution is -1.91. The Bertz CT molecular complexity index is 90.7. The monoisotopic (exact) mass is 142 g/mol. The van der Waals surface area contributed by atoms with E-state index in [0.717, 1.165) is 5.25 Å². The summed E-state index contributed by atoms with van der Waals surface area (Å²) in [6.45, 7) is 2.10. The molecule has 0 nitrogen and oxygen atoms in total. The molecule has 0 N–H and O–H groups in total. The number of hydrogen-bond acceptors (Lipinski definition) is 1. The third-order valence-corrected chi connectivity index (χ3v) is 3.08. The van der Waals surface area contributed by atoms with Crippen LogP contribution in [-0.4, -0.2) is 11.0 Å². The molecule has 0 radical (unpaired) electrons. The molecule has 0 aromatic rings. The summed E-state index contributed by atoms with van der Waals surface area (Å²) < 4.78 is 0. The van der Waals surface area contributed by atoms with Crippen molar-refractivity contribution in [2.45, 2.75) is 31.4 Å². The topological polar surface area (TPSA) is 0 Å². The van der Waals surface area contributed by atoms with Gasteiger partial charge in [-0.3, -0.25) is 0 Å². The van der Waals surface area contributed by atoms with Gasteiger partial charge in [0.25, 0.3) is 0 Å². The Morgan fingerprint density at radius 2 is 2.56 bits per heavy atom. The van der Waals surface area contributed by atoms with Crippen LogP contribution in [0, 0.1) is 0 Å². The minimum Gasteiger partial charge on any atom is -0.158 e. The van der Waals surface area contributed by atoms with Crippen LogP contribution in [0.15, 0.2) is 12.2 Å². The molecule has 1 heterocycles. The van der Waals surface area contributed by atoms with Gasteiger partial charge in [-0.15, -0.1) is 0 Å². The van der Waals surface area contributed by atoms with E-state index >= 15 is 0 Å². The summed E-state index contributed by atoms with van der Waals surface area (Å²) in [7, 11) is 0. The molecule has 0 aliphatic carbocycles. The third kappa shape index (κ3) is 2.44. The van der Waals surface area contributed by atoms with Crippen molar-refractivity contribution in [3.05, 3.63) is 12.2 Å². The summed E-state index contributed by atoms with van der Waals surface area (Å²) in [6, 6.07) is 0. The molecule has 1 fully saturated rings. The minimum atomic E-state index is 0.946. The molecule has 1 saturated heterocycles. The summed E-state index contributed by atoms with van der Waals surface area (Å²) in [5.74, 6) is 1.39. The first-order chi connectivity index (χ1) is 4.43. The number of hydrogen-bond donors (Lipinski definition) is 0. The van der Waals surface area contributed by atoms with Gasteiger partial charge in [-0.1, -0.05) is 12.2 Å². The highest BCUT2D eigenvalue weighted by Gasteiger charge is 2.12. The molecule has 9 heavy (non-hydrogen) atoms. The average molecular weight is 142 g/mol. The van der Waals surface area contributed by atoms with Gasteiger partial charge in [0.1, 0.15) is 0 Å². The van der Waals surface area contributed by atoms with Crippen molar-refractivity contribution in [1.29, 1.82) is 0 Å². The molecular formula is C8H14S. The van der Waals surface area contributed by atoms with Crippen LogP contribution in [0.2, 0.25) is 0 Å². The van der Waals surface area contributed by atoms with Crippen LogP contribution in [0.25, 0.3) is 0 Å². The van der Waals surface area contributed by atoms with E-state index in [2.05, 4.69) is 30.8 Å². The van der Waals surface area contributed by atoms with Gasteiger partial charge >= 0.3 is 0 Å². The molecule has 0 spiro atoms. The molecule has 0 aromatic carbocycles. The Morgan fingerprint density at radius 3 is 3.11 bits per heavy atom. The molecule has 0 saturated carbocycles. The van der Waals surface area contributed by atoms with Crippen LogP contribution >= 0.6 is 11.8 Å². The molecule has 0 bridgehead atoms. The second-order valence-electron chi connectivity index (χ2n) is 2.44. The van der Waals surface area contributed by atoms with E-state index in [1.807, 2.05) is 0 Å². The lowest BCUT2D eigenvalue weighted by atomic mass is 10.2. The second kappa shape index (κ2) is 3.99. The molecule has 1 aliphatic rings. The van der Waals surface area contributed by atoms with Crippen LogP contribution in [0.1, 0.15) is 26.2 Å². The predicted octanol–water partition coefficient (Wildman–Crippen LogP) is 2.85. The predicted molar refractivity (Wildman–Crippen MR) is 44.9 cm³/mol.